The van der Waals surface area contributed by atoms with Crippen molar-refractivity contribution >= 4 is 0 Å². The summed E-state index contributed by atoms with van der Waals surface area (Å²) in [5.41, 5.74) is 4.29. The molecule has 1 N–H and O–H groups in total. The first-order valence-corrected chi connectivity index (χ1v) is 7.96. The van der Waals surface area contributed by atoms with Crippen LogP contribution in [-0.2, 0) is 19.4 Å². The molecule has 0 spiro atoms. The minimum Gasteiger partial charge on any atom is -0.441 e. The lowest BCUT2D eigenvalue weighted by atomic mass is 10.1. The van der Waals surface area contributed by atoms with E-state index in [-0.39, 0.29) is 6.61 Å². The van der Waals surface area contributed by atoms with E-state index in [0.717, 1.165) is 41.8 Å². The van der Waals surface area contributed by atoms with E-state index >= 15 is 0 Å². The van der Waals surface area contributed by atoms with Crippen LogP contribution in [0.1, 0.15) is 29.0 Å². The SMILES string of the molecule is Cc1oc(-c2ccccc2)nc1CCCc1ccc(CO)cc1. The van der Waals surface area contributed by atoms with Crippen molar-refractivity contribution < 1.29 is 9.52 Å². The van der Waals surface area contributed by atoms with Crippen molar-refractivity contribution in [3.05, 3.63) is 77.2 Å². The summed E-state index contributed by atoms with van der Waals surface area (Å²) in [7, 11) is 0. The molecule has 0 aliphatic heterocycles. The number of aryl methyl sites for hydroxylation is 3. The van der Waals surface area contributed by atoms with Crippen LogP contribution < -0.4 is 0 Å². The first-order chi connectivity index (χ1) is 11.3. The van der Waals surface area contributed by atoms with Gasteiger partial charge in [0.05, 0.1) is 12.3 Å². The first kappa shape index (κ1) is 15.5. The van der Waals surface area contributed by atoms with E-state index in [4.69, 9.17) is 9.52 Å². The molecule has 2 aromatic carbocycles. The molecule has 118 valence electrons. The fraction of sp³-hybridized carbons (Fsp3) is 0.250. The summed E-state index contributed by atoms with van der Waals surface area (Å²) >= 11 is 0. The van der Waals surface area contributed by atoms with Gasteiger partial charge in [-0.25, -0.2) is 4.98 Å². The van der Waals surface area contributed by atoms with Crippen LogP contribution in [0.3, 0.4) is 0 Å². The Morgan fingerprint density at radius 2 is 1.61 bits per heavy atom. The molecular weight excluding hydrogens is 286 g/mol. The van der Waals surface area contributed by atoms with Crippen LogP contribution in [0.15, 0.2) is 59.0 Å². The van der Waals surface area contributed by atoms with Crippen molar-refractivity contribution in [2.45, 2.75) is 32.8 Å². The normalized spacial score (nSPS) is 10.9. The van der Waals surface area contributed by atoms with Gasteiger partial charge in [-0.3, -0.25) is 0 Å². The third-order valence-corrected chi connectivity index (χ3v) is 4.00. The van der Waals surface area contributed by atoms with Gasteiger partial charge in [0.2, 0.25) is 5.89 Å². The van der Waals surface area contributed by atoms with Crippen LogP contribution >= 0.6 is 0 Å². The number of aromatic nitrogens is 1. The minimum absolute atomic E-state index is 0.0979. The van der Waals surface area contributed by atoms with Gasteiger partial charge in [0.15, 0.2) is 0 Å². The molecule has 0 aliphatic carbocycles. The highest BCUT2D eigenvalue weighted by atomic mass is 16.4. The van der Waals surface area contributed by atoms with Gasteiger partial charge in [-0.2, -0.15) is 0 Å². The van der Waals surface area contributed by atoms with Crippen LogP contribution in [0.5, 0.6) is 0 Å². The quantitative estimate of drug-likeness (QED) is 0.738. The molecule has 3 heteroatoms. The van der Waals surface area contributed by atoms with Gasteiger partial charge in [0.25, 0.3) is 0 Å². The molecule has 0 atom stereocenters. The van der Waals surface area contributed by atoms with Gasteiger partial charge in [0, 0.05) is 5.56 Å². The minimum atomic E-state index is 0.0979. The zero-order valence-corrected chi connectivity index (χ0v) is 13.3. The van der Waals surface area contributed by atoms with Crippen LogP contribution in [0.25, 0.3) is 11.5 Å². The second kappa shape index (κ2) is 7.25. The lowest BCUT2D eigenvalue weighted by Gasteiger charge is -2.02. The second-order valence-electron chi connectivity index (χ2n) is 5.72. The lowest BCUT2D eigenvalue weighted by molar-refractivity contribution is 0.282. The van der Waals surface area contributed by atoms with Crippen molar-refractivity contribution in [1.29, 1.82) is 0 Å². The zero-order chi connectivity index (χ0) is 16.1. The van der Waals surface area contributed by atoms with Crippen LogP contribution in [0.2, 0.25) is 0 Å². The second-order valence-corrected chi connectivity index (χ2v) is 5.72. The van der Waals surface area contributed by atoms with Crippen molar-refractivity contribution in [1.82, 2.24) is 4.98 Å². The largest absolute Gasteiger partial charge is 0.441 e. The van der Waals surface area contributed by atoms with Crippen molar-refractivity contribution in [2.24, 2.45) is 0 Å². The maximum absolute atomic E-state index is 9.06. The highest BCUT2D eigenvalue weighted by Crippen LogP contribution is 2.22. The fourth-order valence-corrected chi connectivity index (χ4v) is 2.64. The molecule has 0 fully saturated rings. The Hall–Kier alpha value is -2.39. The summed E-state index contributed by atoms with van der Waals surface area (Å²) in [5, 5.41) is 9.06. The molecule has 3 nitrogen and oxygen atoms in total. The zero-order valence-electron chi connectivity index (χ0n) is 13.3. The van der Waals surface area contributed by atoms with Crippen molar-refractivity contribution in [2.75, 3.05) is 0 Å². The Balaban J connectivity index is 1.61. The Kier molecular flexibility index (Phi) is 4.89. The Morgan fingerprint density at radius 1 is 0.913 bits per heavy atom. The maximum atomic E-state index is 9.06. The molecule has 0 amide bonds. The Labute approximate surface area is 136 Å². The Morgan fingerprint density at radius 3 is 2.30 bits per heavy atom. The number of aliphatic hydroxyl groups is 1. The van der Waals surface area contributed by atoms with E-state index < -0.39 is 0 Å². The van der Waals surface area contributed by atoms with E-state index in [1.165, 1.54) is 5.56 Å². The highest BCUT2D eigenvalue weighted by molar-refractivity contribution is 5.53. The predicted octanol–water partition coefficient (Wildman–Crippen LogP) is 4.32. The predicted molar refractivity (Wildman–Crippen MR) is 91.1 cm³/mol. The van der Waals surface area contributed by atoms with Gasteiger partial charge in [-0.05, 0) is 49.4 Å². The highest BCUT2D eigenvalue weighted by Gasteiger charge is 2.10. The Bertz CT molecular complexity index is 745. The number of hydrogen-bond donors (Lipinski definition) is 1. The number of hydrogen-bond acceptors (Lipinski definition) is 3. The van der Waals surface area contributed by atoms with Gasteiger partial charge in [-0.1, -0.05) is 42.5 Å². The summed E-state index contributed by atoms with van der Waals surface area (Å²) in [6.45, 7) is 2.07. The topological polar surface area (TPSA) is 46.3 Å². The number of oxazole rings is 1. The van der Waals surface area contributed by atoms with Crippen LogP contribution in [0, 0.1) is 6.92 Å². The third-order valence-electron chi connectivity index (χ3n) is 4.00. The monoisotopic (exact) mass is 307 g/mol. The molecular formula is C20H21NO2. The maximum Gasteiger partial charge on any atom is 0.226 e. The molecule has 0 aliphatic rings. The van der Waals surface area contributed by atoms with Crippen LogP contribution in [-0.4, -0.2) is 10.1 Å². The van der Waals surface area contributed by atoms with E-state index in [1.54, 1.807) is 0 Å². The summed E-state index contributed by atoms with van der Waals surface area (Å²) in [6, 6.07) is 18.1. The van der Waals surface area contributed by atoms with E-state index in [0.29, 0.717) is 5.89 Å². The van der Waals surface area contributed by atoms with Crippen molar-refractivity contribution in [3.63, 3.8) is 0 Å². The molecule has 3 rings (SSSR count). The summed E-state index contributed by atoms with van der Waals surface area (Å²) < 4.78 is 5.79. The van der Waals surface area contributed by atoms with Gasteiger partial charge >= 0.3 is 0 Å². The summed E-state index contributed by atoms with van der Waals surface area (Å²) in [6.07, 6.45) is 2.93. The van der Waals surface area contributed by atoms with E-state index in [1.807, 2.05) is 49.4 Å². The molecule has 0 saturated heterocycles. The van der Waals surface area contributed by atoms with Gasteiger partial charge in [0.1, 0.15) is 5.76 Å². The van der Waals surface area contributed by atoms with Gasteiger partial charge < -0.3 is 9.52 Å². The average Bonchev–Trinajstić information content (AvgIpc) is 2.97. The molecule has 1 heterocycles. The number of benzene rings is 2. The van der Waals surface area contributed by atoms with Gasteiger partial charge in [-0.15, -0.1) is 0 Å². The summed E-state index contributed by atoms with van der Waals surface area (Å²) in [5.74, 6) is 1.60. The molecule has 0 saturated carbocycles. The van der Waals surface area contributed by atoms with E-state index in [2.05, 4.69) is 17.1 Å². The molecule has 0 unspecified atom stereocenters. The van der Waals surface area contributed by atoms with E-state index in [9.17, 15) is 0 Å². The smallest absolute Gasteiger partial charge is 0.226 e. The molecule has 1 aromatic heterocycles. The first-order valence-electron chi connectivity index (χ1n) is 7.96. The lowest BCUT2D eigenvalue weighted by Crippen LogP contribution is -1.93. The molecule has 0 bridgehead atoms. The standard InChI is InChI=1S/C20H21NO2/c1-15-19(21-20(23-15)18-7-3-2-4-8-18)9-5-6-16-10-12-17(14-22)13-11-16/h2-4,7-8,10-13,22H,5-6,9,14H2,1H3. The molecule has 3 aromatic rings. The molecule has 23 heavy (non-hydrogen) atoms. The average molecular weight is 307 g/mol. The number of rotatable bonds is 6. The fourth-order valence-electron chi connectivity index (χ4n) is 2.64. The molecule has 0 radical (unpaired) electrons. The van der Waals surface area contributed by atoms with Crippen molar-refractivity contribution in [3.8, 4) is 11.5 Å². The summed E-state index contributed by atoms with van der Waals surface area (Å²) in [4.78, 5) is 4.64. The number of aliphatic hydroxyl groups excluding tert-OH is 1. The van der Waals surface area contributed by atoms with Crippen LogP contribution in [0.4, 0.5) is 0 Å². The number of nitrogens with zero attached hydrogens (tertiary/aromatic N) is 1. The third kappa shape index (κ3) is 3.88.